The minimum atomic E-state index is -3.38. The molecule has 5 nitrogen and oxygen atoms in total. The van der Waals surface area contributed by atoms with Crippen molar-refractivity contribution < 1.29 is 12.6 Å². The smallest absolute Gasteiger partial charge is 0.215 e. The Morgan fingerprint density at radius 3 is 2.09 bits per heavy atom. The minimum absolute atomic E-state index is 0.0961. The highest BCUT2D eigenvalue weighted by Gasteiger charge is 2.32. The number of nitrogens with zero attached hydrogens (tertiary/aromatic N) is 1. The normalized spacial score (nSPS) is 15.8. The number of hydrogen-bond acceptors (Lipinski definition) is 3. The predicted molar refractivity (Wildman–Crippen MR) is 91.4 cm³/mol. The number of hydrogen-bond donors (Lipinski definition) is 1. The van der Waals surface area contributed by atoms with Crippen molar-refractivity contribution >= 4 is 21.0 Å². The maximum absolute atomic E-state index is 12.5. The van der Waals surface area contributed by atoms with Gasteiger partial charge < -0.3 is 0 Å². The van der Waals surface area contributed by atoms with Crippen LogP contribution in [0.3, 0.4) is 0 Å². The summed E-state index contributed by atoms with van der Waals surface area (Å²) in [4.78, 5) is 0.641. The third-order valence-electron chi connectivity index (χ3n) is 3.46. The molecule has 0 saturated carbocycles. The highest BCUT2D eigenvalue weighted by atomic mass is 32.2. The van der Waals surface area contributed by atoms with E-state index in [0.717, 1.165) is 5.56 Å². The highest BCUT2D eigenvalue weighted by molar-refractivity contribution is 7.89. The lowest BCUT2D eigenvalue weighted by atomic mass is 9.89. The van der Waals surface area contributed by atoms with Crippen molar-refractivity contribution in [1.29, 1.82) is 0 Å². The van der Waals surface area contributed by atoms with Crippen LogP contribution in [-0.4, -0.2) is 42.8 Å². The standard InChI is InChI=1S/C15H26N2O3S2/c1-12-7-9-13(10-8-12)21(18)16-14(15(2,3)4)11-22(19,20)17(5)6/h7-10,14,16H,11H2,1-6H3/t14-,21?/m0/s1. The van der Waals surface area contributed by atoms with E-state index in [-0.39, 0.29) is 11.2 Å². The zero-order chi connectivity index (χ0) is 17.1. The van der Waals surface area contributed by atoms with Gasteiger partial charge in [0.1, 0.15) is 11.0 Å². The van der Waals surface area contributed by atoms with Crippen molar-refractivity contribution in [2.45, 2.75) is 38.6 Å². The molecule has 1 N–H and O–H groups in total. The van der Waals surface area contributed by atoms with Crippen LogP contribution in [0.4, 0.5) is 0 Å². The molecular formula is C15H26N2O3S2. The molecule has 22 heavy (non-hydrogen) atoms. The lowest BCUT2D eigenvalue weighted by molar-refractivity contribution is 0.319. The molecule has 0 spiro atoms. The maximum atomic E-state index is 12.5. The van der Waals surface area contributed by atoms with Gasteiger partial charge in [-0.1, -0.05) is 38.5 Å². The van der Waals surface area contributed by atoms with Crippen molar-refractivity contribution in [1.82, 2.24) is 9.03 Å². The maximum Gasteiger partial charge on any atom is 0.215 e. The Balaban J connectivity index is 2.95. The fraction of sp³-hybridized carbons (Fsp3) is 0.600. The fourth-order valence-electron chi connectivity index (χ4n) is 1.68. The van der Waals surface area contributed by atoms with E-state index in [4.69, 9.17) is 0 Å². The van der Waals surface area contributed by atoms with Crippen LogP contribution in [0.5, 0.6) is 0 Å². The third kappa shape index (κ3) is 5.46. The van der Waals surface area contributed by atoms with E-state index >= 15 is 0 Å². The molecule has 2 atom stereocenters. The Bertz CT molecular complexity index is 617. The SMILES string of the molecule is Cc1ccc(S(=O)N[C@@H](CS(=O)(=O)N(C)C)C(C)(C)C)cc1. The van der Waals surface area contributed by atoms with Crippen LogP contribution >= 0.6 is 0 Å². The van der Waals surface area contributed by atoms with Crippen molar-refractivity contribution in [3.05, 3.63) is 29.8 Å². The summed E-state index contributed by atoms with van der Waals surface area (Å²) in [6.07, 6.45) is 0. The molecule has 1 rings (SSSR count). The molecule has 1 unspecified atom stereocenters. The zero-order valence-corrected chi connectivity index (χ0v) is 15.7. The van der Waals surface area contributed by atoms with Gasteiger partial charge in [-0.15, -0.1) is 0 Å². The Kier molecular flexibility index (Phi) is 6.32. The average Bonchev–Trinajstić information content (AvgIpc) is 2.37. The molecule has 0 bridgehead atoms. The quantitative estimate of drug-likeness (QED) is 0.856. The van der Waals surface area contributed by atoms with Gasteiger partial charge in [-0.25, -0.2) is 21.7 Å². The van der Waals surface area contributed by atoms with Crippen LogP contribution in [0.2, 0.25) is 0 Å². The molecule has 0 saturated heterocycles. The molecule has 1 aromatic rings. The van der Waals surface area contributed by atoms with Crippen molar-refractivity contribution in [3.8, 4) is 0 Å². The van der Waals surface area contributed by atoms with Crippen molar-refractivity contribution in [2.24, 2.45) is 5.41 Å². The average molecular weight is 347 g/mol. The molecule has 7 heteroatoms. The largest absolute Gasteiger partial charge is 0.237 e. The number of sulfonamides is 1. The first-order valence-corrected chi connectivity index (χ1v) is 9.84. The number of rotatable bonds is 6. The van der Waals surface area contributed by atoms with Crippen LogP contribution < -0.4 is 4.72 Å². The Morgan fingerprint density at radius 2 is 1.68 bits per heavy atom. The molecule has 1 aromatic carbocycles. The van der Waals surface area contributed by atoms with Gasteiger partial charge in [0.25, 0.3) is 0 Å². The Labute approximate surface area is 136 Å². The van der Waals surface area contributed by atoms with Crippen LogP contribution in [0.1, 0.15) is 26.3 Å². The Morgan fingerprint density at radius 1 is 1.18 bits per heavy atom. The first kappa shape index (κ1) is 19.3. The summed E-state index contributed by atoms with van der Waals surface area (Å²) < 4.78 is 40.9. The van der Waals surface area contributed by atoms with E-state index in [1.54, 1.807) is 12.1 Å². The number of nitrogens with one attached hydrogen (secondary N) is 1. The lowest BCUT2D eigenvalue weighted by Crippen LogP contribution is -2.48. The molecule has 0 heterocycles. The molecule has 0 amide bonds. The second-order valence-corrected chi connectivity index (χ2v) is 10.2. The van der Waals surface area contributed by atoms with Gasteiger partial charge in [-0.05, 0) is 24.5 Å². The molecule has 0 aromatic heterocycles. The summed E-state index contributed by atoms with van der Waals surface area (Å²) in [5.74, 6) is -0.0961. The predicted octanol–water partition coefficient (Wildman–Crippen LogP) is 1.91. The Hall–Kier alpha value is -0.760. The molecule has 0 radical (unpaired) electrons. The van der Waals surface area contributed by atoms with Gasteiger partial charge in [0.15, 0.2) is 0 Å². The van der Waals surface area contributed by atoms with E-state index < -0.39 is 27.1 Å². The van der Waals surface area contributed by atoms with Gasteiger partial charge in [-0.2, -0.15) is 0 Å². The topological polar surface area (TPSA) is 66.5 Å². The zero-order valence-electron chi connectivity index (χ0n) is 14.1. The summed E-state index contributed by atoms with van der Waals surface area (Å²) >= 11 is 0. The molecule has 0 fully saturated rings. The summed E-state index contributed by atoms with van der Waals surface area (Å²) in [6.45, 7) is 7.76. The summed E-state index contributed by atoms with van der Waals surface area (Å²) in [5, 5.41) is 0. The van der Waals surface area contributed by atoms with Gasteiger partial charge in [0.05, 0.1) is 10.6 Å². The third-order valence-corrected chi connectivity index (χ3v) is 6.53. The van der Waals surface area contributed by atoms with E-state index in [1.165, 1.54) is 18.4 Å². The molecule has 0 aliphatic carbocycles. The second kappa shape index (κ2) is 7.21. The van der Waals surface area contributed by atoms with Crippen molar-refractivity contribution in [3.63, 3.8) is 0 Å². The van der Waals surface area contributed by atoms with Gasteiger partial charge in [0.2, 0.25) is 10.0 Å². The van der Waals surface area contributed by atoms with Crippen molar-refractivity contribution in [2.75, 3.05) is 19.8 Å². The van der Waals surface area contributed by atoms with Gasteiger partial charge in [-0.3, -0.25) is 0 Å². The van der Waals surface area contributed by atoms with Crippen LogP contribution in [0, 0.1) is 12.3 Å². The molecule has 126 valence electrons. The van der Waals surface area contributed by atoms with Gasteiger partial charge >= 0.3 is 0 Å². The second-order valence-electron chi connectivity index (χ2n) is 6.68. The van der Waals surface area contributed by atoms with E-state index in [2.05, 4.69) is 4.72 Å². The van der Waals surface area contributed by atoms with E-state index in [0.29, 0.717) is 4.90 Å². The highest BCUT2D eigenvalue weighted by Crippen LogP contribution is 2.22. The molecule has 0 aliphatic rings. The number of benzene rings is 1. The first-order valence-electron chi connectivity index (χ1n) is 7.08. The first-order chi connectivity index (χ1) is 9.93. The van der Waals surface area contributed by atoms with Gasteiger partial charge in [0, 0.05) is 20.1 Å². The van der Waals surface area contributed by atoms with Crippen LogP contribution in [-0.2, 0) is 21.0 Å². The number of aryl methyl sites for hydroxylation is 1. The van der Waals surface area contributed by atoms with Crippen LogP contribution in [0.15, 0.2) is 29.2 Å². The summed E-state index contributed by atoms with van der Waals surface area (Å²) in [7, 11) is -1.82. The molecule has 0 aliphatic heterocycles. The van der Waals surface area contributed by atoms with E-state index in [9.17, 15) is 12.6 Å². The fourth-order valence-corrected chi connectivity index (χ4v) is 4.30. The van der Waals surface area contributed by atoms with Crippen LogP contribution in [0.25, 0.3) is 0 Å². The lowest BCUT2D eigenvalue weighted by Gasteiger charge is -2.31. The minimum Gasteiger partial charge on any atom is -0.237 e. The summed E-state index contributed by atoms with van der Waals surface area (Å²) in [5.41, 5.74) is 0.743. The molecular weight excluding hydrogens is 320 g/mol. The monoisotopic (exact) mass is 346 g/mol. The van der Waals surface area contributed by atoms with E-state index in [1.807, 2.05) is 39.8 Å². The summed E-state index contributed by atoms with van der Waals surface area (Å²) in [6, 6.07) is 6.92.